The van der Waals surface area contributed by atoms with Gasteiger partial charge in [0, 0.05) is 12.3 Å². The lowest BCUT2D eigenvalue weighted by Crippen LogP contribution is -1.99. The minimum Gasteiger partial charge on any atom is -0.494 e. The van der Waals surface area contributed by atoms with Crippen molar-refractivity contribution in [2.24, 2.45) is 0 Å². The summed E-state index contributed by atoms with van der Waals surface area (Å²) in [6.45, 7) is 4.94. The first-order valence-corrected chi connectivity index (χ1v) is 6.06. The molecule has 0 atom stereocenters. The molecule has 5 heteroatoms. The van der Waals surface area contributed by atoms with Crippen LogP contribution in [0.2, 0.25) is 0 Å². The topological polar surface area (TPSA) is 47.6 Å². The van der Waals surface area contributed by atoms with Crippen LogP contribution in [0.1, 0.15) is 13.8 Å². The van der Waals surface area contributed by atoms with E-state index in [0.29, 0.717) is 30.9 Å². The van der Waals surface area contributed by atoms with Crippen LogP contribution in [0, 0.1) is 0 Å². The molecule has 0 radical (unpaired) electrons. The molecule has 0 unspecified atom stereocenters. The van der Waals surface area contributed by atoms with E-state index in [9.17, 15) is 4.79 Å². The van der Waals surface area contributed by atoms with E-state index in [1.165, 1.54) is 6.20 Å². The van der Waals surface area contributed by atoms with Gasteiger partial charge in [-0.25, -0.2) is 0 Å². The lowest BCUT2D eigenvalue weighted by atomic mass is 10.2. The highest BCUT2D eigenvalue weighted by Crippen LogP contribution is 2.29. The predicted octanol–water partition coefficient (Wildman–Crippen LogP) is 3.18. The molecule has 1 rings (SSSR count). The van der Waals surface area contributed by atoms with E-state index in [2.05, 4.69) is 5.32 Å². The molecule has 1 N–H and O–H groups in total. The monoisotopic (exact) mass is 269 g/mol. The Kier molecular flexibility index (Phi) is 6.08. The molecular weight excluding hydrogens is 254 g/mol. The van der Waals surface area contributed by atoms with Crippen molar-refractivity contribution in [1.29, 1.82) is 0 Å². The lowest BCUT2D eigenvalue weighted by molar-refractivity contribution is -0.104. The van der Waals surface area contributed by atoms with Crippen LogP contribution in [-0.2, 0) is 4.79 Å². The number of anilines is 1. The minimum atomic E-state index is 0.0826. The summed E-state index contributed by atoms with van der Waals surface area (Å²) in [6, 6.07) is 5.42. The zero-order chi connectivity index (χ0) is 13.4. The van der Waals surface area contributed by atoms with Crippen LogP contribution in [0.25, 0.3) is 0 Å². The molecule has 0 spiro atoms. The van der Waals surface area contributed by atoms with Gasteiger partial charge in [0.05, 0.1) is 23.9 Å². The minimum absolute atomic E-state index is 0.0826. The summed E-state index contributed by atoms with van der Waals surface area (Å²) in [5, 5.41) is 3.00. The highest BCUT2D eigenvalue weighted by molar-refractivity contribution is 6.38. The summed E-state index contributed by atoms with van der Waals surface area (Å²) >= 11 is 5.60. The second kappa shape index (κ2) is 7.61. The van der Waals surface area contributed by atoms with Crippen molar-refractivity contribution >= 4 is 23.6 Å². The van der Waals surface area contributed by atoms with Crippen molar-refractivity contribution in [3.63, 3.8) is 0 Å². The van der Waals surface area contributed by atoms with Gasteiger partial charge in [0.15, 0.2) is 6.29 Å². The van der Waals surface area contributed by atoms with E-state index < -0.39 is 0 Å². The van der Waals surface area contributed by atoms with E-state index in [-0.39, 0.29) is 5.03 Å². The molecule has 98 valence electrons. The molecule has 0 aliphatic heterocycles. The Bertz CT molecular complexity index is 432. The molecule has 0 fully saturated rings. The Morgan fingerprint density at radius 1 is 1.33 bits per heavy atom. The SMILES string of the molecule is CCOc1ccc(OCC)c(N/C=C(\Cl)C=O)c1. The molecule has 0 amide bonds. The van der Waals surface area contributed by atoms with E-state index >= 15 is 0 Å². The molecule has 18 heavy (non-hydrogen) atoms. The van der Waals surface area contributed by atoms with Gasteiger partial charge in [-0.15, -0.1) is 0 Å². The largest absolute Gasteiger partial charge is 0.494 e. The van der Waals surface area contributed by atoms with Crippen molar-refractivity contribution in [3.8, 4) is 11.5 Å². The number of halogens is 1. The Morgan fingerprint density at radius 3 is 2.67 bits per heavy atom. The van der Waals surface area contributed by atoms with E-state index in [1.54, 1.807) is 12.1 Å². The number of nitrogens with one attached hydrogen (secondary N) is 1. The van der Waals surface area contributed by atoms with E-state index in [4.69, 9.17) is 21.1 Å². The average molecular weight is 270 g/mol. The van der Waals surface area contributed by atoms with Gasteiger partial charge in [-0.05, 0) is 26.0 Å². The van der Waals surface area contributed by atoms with Gasteiger partial charge < -0.3 is 14.8 Å². The van der Waals surface area contributed by atoms with Crippen molar-refractivity contribution in [1.82, 2.24) is 0 Å². The normalized spacial score (nSPS) is 10.9. The Labute approximate surface area is 112 Å². The lowest BCUT2D eigenvalue weighted by Gasteiger charge is -2.12. The summed E-state index contributed by atoms with van der Waals surface area (Å²) in [6.07, 6.45) is 1.96. The standard InChI is InChI=1S/C13H16ClNO3/c1-3-17-11-5-6-13(18-4-2)12(7-11)15-8-10(14)9-16/h5-9,15H,3-4H2,1-2H3/b10-8-. The maximum atomic E-state index is 10.4. The molecule has 0 aliphatic rings. The van der Waals surface area contributed by atoms with Crippen LogP contribution >= 0.6 is 11.6 Å². The first-order valence-electron chi connectivity index (χ1n) is 5.68. The third kappa shape index (κ3) is 4.30. The number of aldehydes is 1. The molecule has 4 nitrogen and oxygen atoms in total. The fraction of sp³-hybridized carbons (Fsp3) is 0.308. The van der Waals surface area contributed by atoms with Crippen LogP contribution in [0.4, 0.5) is 5.69 Å². The number of benzene rings is 1. The van der Waals surface area contributed by atoms with Crippen molar-refractivity contribution in [2.75, 3.05) is 18.5 Å². The zero-order valence-electron chi connectivity index (χ0n) is 10.4. The summed E-state index contributed by atoms with van der Waals surface area (Å²) in [4.78, 5) is 10.4. The van der Waals surface area contributed by atoms with Gasteiger partial charge in [0.25, 0.3) is 0 Å². The van der Waals surface area contributed by atoms with Gasteiger partial charge >= 0.3 is 0 Å². The summed E-state index contributed by atoms with van der Waals surface area (Å²) in [5.41, 5.74) is 0.697. The number of carbonyl (C=O) groups is 1. The molecule has 0 aromatic heterocycles. The van der Waals surface area contributed by atoms with Gasteiger partial charge in [0.2, 0.25) is 0 Å². The van der Waals surface area contributed by atoms with E-state index in [0.717, 1.165) is 5.75 Å². The fourth-order valence-corrected chi connectivity index (χ4v) is 1.39. The number of rotatable bonds is 7. The Balaban J connectivity index is 2.95. The molecule has 0 bridgehead atoms. The van der Waals surface area contributed by atoms with Crippen molar-refractivity contribution in [2.45, 2.75) is 13.8 Å². The number of allylic oxidation sites excluding steroid dienone is 1. The molecule has 1 aromatic rings. The van der Waals surface area contributed by atoms with Crippen molar-refractivity contribution in [3.05, 3.63) is 29.4 Å². The number of hydrogen-bond donors (Lipinski definition) is 1. The van der Waals surface area contributed by atoms with Crippen LogP contribution < -0.4 is 14.8 Å². The first-order chi connectivity index (χ1) is 8.71. The molecule has 0 saturated heterocycles. The van der Waals surface area contributed by atoms with Gasteiger partial charge in [-0.1, -0.05) is 11.6 Å². The smallest absolute Gasteiger partial charge is 0.162 e. The van der Waals surface area contributed by atoms with Crippen LogP contribution in [0.3, 0.4) is 0 Å². The second-order valence-electron chi connectivity index (χ2n) is 3.32. The molecule has 0 aliphatic carbocycles. The average Bonchev–Trinajstić information content (AvgIpc) is 2.39. The maximum Gasteiger partial charge on any atom is 0.162 e. The number of ether oxygens (including phenoxy) is 2. The summed E-state index contributed by atoms with van der Waals surface area (Å²) in [7, 11) is 0. The van der Waals surface area contributed by atoms with Gasteiger partial charge in [0.1, 0.15) is 11.5 Å². The highest BCUT2D eigenvalue weighted by Gasteiger charge is 2.04. The number of carbonyl (C=O) groups excluding carboxylic acids is 1. The predicted molar refractivity (Wildman–Crippen MR) is 72.4 cm³/mol. The second-order valence-corrected chi connectivity index (χ2v) is 3.75. The van der Waals surface area contributed by atoms with Crippen molar-refractivity contribution < 1.29 is 14.3 Å². The van der Waals surface area contributed by atoms with Crippen LogP contribution in [0.15, 0.2) is 29.4 Å². The zero-order valence-corrected chi connectivity index (χ0v) is 11.2. The number of hydrogen-bond acceptors (Lipinski definition) is 4. The fourth-order valence-electron chi connectivity index (χ4n) is 1.34. The van der Waals surface area contributed by atoms with Gasteiger partial charge in [-0.2, -0.15) is 0 Å². The molecule has 1 aromatic carbocycles. The molecule has 0 saturated carbocycles. The summed E-state index contributed by atoms with van der Waals surface area (Å²) < 4.78 is 10.9. The first kappa shape index (κ1) is 14.4. The third-order valence-corrected chi connectivity index (χ3v) is 2.24. The quantitative estimate of drug-likeness (QED) is 0.610. The third-order valence-electron chi connectivity index (χ3n) is 2.04. The van der Waals surface area contributed by atoms with Crippen LogP contribution in [-0.4, -0.2) is 19.5 Å². The summed E-state index contributed by atoms with van der Waals surface area (Å²) in [5.74, 6) is 1.40. The highest BCUT2D eigenvalue weighted by atomic mass is 35.5. The Morgan fingerprint density at radius 2 is 2.06 bits per heavy atom. The Hall–Kier alpha value is -1.68. The van der Waals surface area contributed by atoms with Gasteiger partial charge in [-0.3, -0.25) is 4.79 Å². The van der Waals surface area contributed by atoms with Crippen LogP contribution in [0.5, 0.6) is 11.5 Å². The maximum absolute atomic E-state index is 10.4. The molecule has 0 heterocycles. The van der Waals surface area contributed by atoms with E-state index in [1.807, 2.05) is 19.9 Å². The molecular formula is C13H16ClNO3.